The standard InChI is InChI=1S/C32H48F2O11S/c1-17(7-10-28(38)42-16-32(33,34)46(39,40)41)23-8-9-24-29-25(15-27(31(23,24)6)45-20(4)37)30(5)12-11-22(43-18(2)35)13-21(30)14-26(29)44-19(3)36/h17,21-27,29H,7-16H2,1-6H3,(H,39,40,41)/t17-,21+,22?,23-,24+,25+,26?,27?,29+,30+,31-/m1/s1. The number of rotatable bonds is 10. The average Bonchev–Trinajstić information content (AvgIpc) is 3.28. The van der Waals surface area contributed by atoms with Gasteiger partial charge in [0.05, 0.1) is 0 Å². The number of fused-ring (bicyclic) bond motifs is 5. The number of carbonyl (C=O) groups is 4. The van der Waals surface area contributed by atoms with Gasteiger partial charge in [0.25, 0.3) is 0 Å². The summed E-state index contributed by atoms with van der Waals surface area (Å²) in [7, 11) is -5.72. The Morgan fingerprint density at radius 3 is 2.13 bits per heavy atom. The molecule has 4 fully saturated rings. The van der Waals surface area contributed by atoms with Crippen LogP contribution in [0.25, 0.3) is 0 Å². The van der Waals surface area contributed by atoms with Crippen LogP contribution >= 0.6 is 0 Å². The van der Waals surface area contributed by atoms with Crippen LogP contribution in [0.1, 0.15) is 99.3 Å². The topological polar surface area (TPSA) is 160 Å². The number of hydrogen-bond acceptors (Lipinski definition) is 10. The SMILES string of the molecule is CC(=O)OC1CC[C@@]2(C)[C@@H](C1)CC(OC(C)=O)[C@@H]1[C@@H]2CC(OC(C)=O)[C@]2(C)[C@@H]([C@H](C)CCC(=O)OCC(F)(F)S(=O)(=O)O)CC[C@@H]12. The van der Waals surface area contributed by atoms with E-state index in [0.717, 1.165) is 25.7 Å². The fourth-order valence-corrected chi connectivity index (χ4v) is 10.2. The Hall–Kier alpha value is -2.35. The van der Waals surface area contributed by atoms with Crippen LogP contribution in [0, 0.1) is 46.3 Å². The van der Waals surface area contributed by atoms with E-state index in [1.54, 1.807) is 0 Å². The van der Waals surface area contributed by atoms with Crippen LogP contribution in [0.15, 0.2) is 0 Å². The Morgan fingerprint density at radius 2 is 1.54 bits per heavy atom. The van der Waals surface area contributed by atoms with E-state index in [1.807, 2.05) is 6.92 Å². The minimum atomic E-state index is -5.72. The van der Waals surface area contributed by atoms with E-state index >= 15 is 0 Å². The lowest BCUT2D eigenvalue weighted by atomic mass is 9.43. The van der Waals surface area contributed by atoms with Gasteiger partial charge < -0.3 is 18.9 Å². The second kappa shape index (κ2) is 13.3. The number of hydrogen-bond donors (Lipinski definition) is 1. The smallest absolute Gasteiger partial charge is 0.402 e. The Kier molecular flexibility index (Phi) is 10.5. The Morgan fingerprint density at radius 1 is 0.913 bits per heavy atom. The number of alkyl halides is 2. The minimum absolute atomic E-state index is 0.00272. The quantitative estimate of drug-likeness (QED) is 0.186. The van der Waals surface area contributed by atoms with Crippen molar-refractivity contribution >= 4 is 34.0 Å². The maximum absolute atomic E-state index is 13.6. The molecule has 1 N–H and O–H groups in total. The Balaban J connectivity index is 1.58. The van der Waals surface area contributed by atoms with E-state index in [4.69, 9.17) is 18.8 Å². The number of ether oxygens (including phenoxy) is 4. The molecule has 0 aromatic heterocycles. The van der Waals surface area contributed by atoms with Crippen LogP contribution in [0.5, 0.6) is 0 Å². The number of halogens is 2. The first-order valence-corrected chi connectivity index (χ1v) is 17.7. The molecule has 0 aromatic carbocycles. The predicted molar refractivity (Wildman–Crippen MR) is 158 cm³/mol. The molecule has 0 spiro atoms. The summed E-state index contributed by atoms with van der Waals surface area (Å²) in [5.74, 6) is -2.04. The highest BCUT2D eigenvalue weighted by Crippen LogP contribution is 2.69. The lowest BCUT2D eigenvalue weighted by Crippen LogP contribution is -2.63. The molecule has 0 heterocycles. The fourth-order valence-electron chi connectivity index (χ4n) is 9.97. The van der Waals surface area contributed by atoms with Crippen molar-refractivity contribution in [2.75, 3.05) is 6.61 Å². The van der Waals surface area contributed by atoms with Crippen LogP contribution in [0.4, 0.5) is 8.78 Å². The van der Waals surface area contributed by atoms with Gasteiger partial charge in [-0.05, 0) is 86.4 Å². The van der Waals surface area contributed by atoms with Crippen molar-refractivity contribution in [1.82, 2.24) is 0 Å². The molecule has 0 bridgehead atoms. The zero-order chi connectivity index (χ0) is 34.4. The second-order valence-corrected chi connectivity index (χ2v) is 16.1. The predicted octanol–water partition coefficient (Wildman–Crippen LogP) is 5.10. The maximum atomic E-state index is 13.6. The first-order valence-electron chi connectivity index (χ1n) is 16.2. The largest absolute Gasteiger partial charge is 0.463 e. The molecule has 11 atom stereocenters. The average molecular weight is 679 g/mol. The van der Waals surface area contributed by atoms with Crippen LogP contribution < -0.4 is 0 Å². The summed E-state index contributed by atoms with van der Waals surface area (Å²) < 4.78 is 79.7. The van der Waals surface area contributed by atoms with Gasteiger partial charge in [0, 0.05) is 38.5 Å². The molecule has 46 heavy (non-hydrogen) atoms. The summed E-state index contributed by atoms with van der Waals surface area (Å²) in [4.78, 5) is 49.0. The van der Waals surface area contributed by atoms with Crippen molar-refractivity contribution in [3.05, 3.63) is 0 Å². The van der Waals surface area contributed by atoms with E-state index in [2.05, 4.69) is 18.6 Å². The monoisotopic (exact) mass is 678 g/mol. The Bertz CT molecular complexity index is 1300. The van der Waals surface area contributed by atoms with E-state index in [-0.39, 0.29) is 77.9 Å². The third-order valence-electron chi connectivity index (χ3n) is 12.0. The minimum Gasteiger partial charge on any atom is -0.463 e. The van der Waals surface area contributed by atoms with Crippen molar-refractivity contribution in [2.24, 2.45) is 46.3 Å². The first kappa shape index (κ1) is 36.5. The zero-order valence-corrected chi connectivity index (χ0v) is 28.3. The first-order chi connectivity index (χ1) is 21.2. The molecule has 0 amide bonds. The molecule has 262 valence electrons. The molecule has 0 aromatic rings. The molecular weight excluding hydrogens is 630 g/mol. The molecule has 4 aliphatic rings. The highest BCUT2D eigenvalue weighted by Gasteiger charge is 2.67. The third kappa shape index (κ3) is 7.07. The van der Waals surface area contributed by atoms with Gasteiger partial charge in [0.1, 0.15) is 18.3 Å². The van der Waals surface area contributed by atoms with Gasteiger partial charge in [-0.25, -0.2) is 0 Å². The van der Waals surface area contributed by atoms with Gasteiger partial charge in [-0.3, -0.25) is 23.7 Å². The molecule has 4 aliphatic carbocycles. The van der Waals surface area contributed by atoms with E-state index < -0.39 is 45.4 Å². The van der Waals surface area contributed by atoms with E-state index in [9.17, 15) is 36.4 Å². The van der Waals surface area contributed by atoms with Crippen molar-refractivity contribution < 1.29 is 59.9 Å². The van der Waals surface area contributed by atoms with Crippen LogP contribution in [0.2, 0.25) is 0 Å². The molecule has 0 aliphatic heterocycles. The second-order valence-electron chi connectivity index (χ2n) is 14.6. The van der Waals surface area contributed by atoms with E-state index in [0.29, 0.717) is 19.3 Å². The van der Waals surface area contributed by atoms with Gasteiger partial charge in [0.2, 0.25) is 0 Å². The fraction of sp³-hybridized carbons (Fsp3) is 0.875. The highest BCUT2D eigenvalue weighted by atomic mass is 32.2. The van der Waals surface area contributed by atoms with Crippen LogP contribution in [-0.2, 0) is 48.2 Å². The normalized spacial score (nSPS) is 37.9. The van der Waals surface area contributed by atoms with Gasteiger partial charge in [0.15, 0.2) is 6.61 Å². The maximum Gasteiger partial charge on any atom is 0.402 e. The van der Waals surface area contributed by atoms with Gasteiger partial charge in [-0.1, -0.05) is 20.8 Å². The summed E-state index contributed by atoms with van der Waals surface area (Å²) in [6.45, 7) is 8.74. The van der Waals surface area contributed by atoms with Gasteiger partial charge in [-0.2, -0.15) is 17.2 Å². The molecule has 4 rings (SSSR count). The molecule has 0 saturated heterocycles. The van der Waals surface area contributed by atoms with Gasteiger partial charge >= 0.3 is 39.2 Å². The molecule has 14 heteroatoms. The lowest BCUT2D eigenvalue weighted by molar-refractivity contribution is -0.224. The highest BCUT2D eigenvalue weighted by molar-refractivity contribution is 7.86. The molecule has 3 unspecified atom stereocenters. The third-order valence-corrected chi connectivity index (χ3v) is 12.9. The molecule has 4 saturated carbocycles. The van der Waals surface area contributed by atoms with Crippen molar-refractivity contribution in [1.29, 1.82) is 0 Å². The Labute approximate surface area is 269 Å². The van der Waals surface area contributed by atoms with Crippen LogP contribution in [-0.4, -0.2) is 67.0 Å². The summed E-state index contributed by atoms with van der Waals surface area (Å²) in [6.07, 6.45) is 3.94. The number of esters is 4. The van der Waals surface area contributed by atoms with Crippen molar-refractivity contribution in [3.63, 3.8) is 0 Å². The van der Waals surface area contributed by atoms with Gasteiger partial charge in [-0.15, -0.1) is 0 Å². The number of carbonyl (C=O) groups excluding carboxylic acids is 4. The molecular formula is C32H48F2O11S. The van der Waals surface area contributed by atoms with Crippen molar-refractivity contribution in [2.45, 2.75) is 123 Å². The van der Waals surface area contributed by atoms with Crippen molar-refractivity contribution in [3.8, 4) is 0 Å². The van der Waals surface area contributed by atoms with E-state index in [1.165, 1.54) is 20.8 Å². The molecule has 0 radical (unpaired) electrons. The lowest BCUT2D eigenvalue weighted by Gasteiger charge is -2.64. The van der Waals surface area contributed by atoms with Crippen LogP contribution in [0.3, 0.4) is 0 Å². The molecule has 11 nitrogen and oxygen atoms in total. The summed E-state index contributed by atoms with van der Waals surface area (Å²) in [5.41, 5.74) is -0.694. The summed E-state index contributed by atoms with van der Waals surface area (Å²) in [5, 5.41) is -4.61. The summed E-state index contributed by atoms with van der Waals surface area (Å²) in [6, 6.07) is 0. The zero-order valence-electron chi connectivity index (χ0n) is 27.5. The summed E-state index contributed by atoms with van der Waals surface area (Å²) >= 11 is 0.